The number of hydrogen-bond donors (Lipinski definition) is 1. The summed E-state index contributed by atoms with van der Waals surface area (Å²) in [7, 11) is 0. The fourth-order valence-corrected chi connectivity index (χ4v) is 3.33. The number of nitrogens with zero attached hydrogens (tertiary/aromatic N) is 1. The predicted octanol–water partition coefficient (Wildman–Crippen LogP) is 4.15. The summed E-state index contributed by atoms with van der Waals surface area (Å²) in [4.78, 5) is 27.3. The second-order valence-electron chi connectivity index (χ2n) is 7.85. The molecule has 0 unspecified atom stereocenters. The SMILES string of the molecule is CC[C@H](C(=O)NC(C)C)N(Cc1ccc(F)cc1)C(=O)COc1cc(C)cc(C)c1. The molecule has 0 fully saturated rings. The third-order valence-corrected chi connectivity index (χ3v) is 4.64. The second kappa shape index (κ2) is 10.8. The van der Waals surface area contributed by atoms with E-state index in [4.69, 9.17) is 4.74 Å². The van der Waals surface area contributed by atoms with E-state index in [1.807, 2.05) is 52.8 Å². The van der Waals surface area contributed by atoms with Crippen LogP contribution in [0, 0.1) is 19.7 Å². The van der Waals surface area contributed by atoms with E-state index in [1.54, 1.807) is 12.1 Å². The molecule has 0 aliphatic heterocycles. The van der Waals surface area contributed by atoms with Gasteiger partial charge in [0.1, 0.15) is 17.6 Å². The molecular weight excluding hydrogens is 383 g/mol. The molecule has 0 aliphatic rings. The zero-order chi connectivity index (χ0) is 22.3. The predicted molar refractivity (Wildman–Crippen MR) is 116 cm³/mol. The van der Waals surface area contributed by atoms with Gasteiger partial charge < -0.3 is 15.0 Å². The Morgan fingerprint density at radius 2 is 1.67 bits per heavy atom. The molecule has 0 aliphatic carbocycles. The van der Waals surface area contributed by atoms with Crippen LogP contribution < -0.4 is 10.1 Å². The Hall–Kier alpha value is -2.89. The van der Waals surface area contributed by atoms with Gasteiger partial charge in [0.2, 0.25) is 5.91 Å². The number of benzene rings is 2. The van der Waals surface area contributed by atoms with Crippen molar-refractivity contribution in [3.8, 4) is 5.75 Å². The van der Waals surface area contributed by atoms with E-state index in [1.165, 1.54) is 17.0 Å². The number of aryl methyl sites for hydroxylation is 2. The quantitative estimate of drug-likeness (QED) is 0.671. The van der Waals surface area contributed by atoms with E-state index in [0.29, 0.717) is 12.2 Å². The van der Waals surface area contributed by atoms with Crippen molar-refractivity contribution in [2.45, 2.75) is 59.7 Å². The number of rotatable bonds is 9. The van der Waals surface area contributed by atoms with Gasteiger partial charge in [-0.05, 0) is 75.1 Å². The van der Waals surface area contributed by atoms with E-state index >= 15 is 0 Å². The number of carbonyl (C=O) groups is 2. The van der Waals surface area contributed by atoms with E-state index in [-0.39, 0.29) is 36.8 Å². The average Bonchev–Trinajstić information content (AvgIpc) is 2.66. The Balaban J connectivity index is 2.22. The Morgan fingerprint density at radius 3 is 2.20 bits per heavy atom. The van der Waals surface area contributed by atoms with Crippen molar-refractivity contribution in [1.82, 2.24) is 10.2 Å². The lowest BCUT2D eigenvalue weighted by Crippen LogP contribution is -2.51. The largest absolute Gasteiger partial charge is 0.484 e. The van der Waals surface area contributed by atoms with Crippen molar-refractivity contribution in [2.75, 3.05) is 6.61 Å². The lowest BCUT2D eigenvalue weighted by molar-refractivity contribution is -0.143. The fraction of sp³-hybridized carbons (Fsp3) is 0.417. The molecule has 1 atom stereocenters. The van der Waals surface area contributed by atoms with Crippen LogP contribution in [0.4, 0.5) is 4.39 Å². The van der Waals surface area contributed by atoms with E-state index in [9.17, 15) is 14.0 Å². The third kappa shape index (κ3) is 6.87. The van der Waals surface area contributed by atoms with Gasteiger partial charge in [-0.2, -0.15) is 0 Å². The molecule has 0 bridgehead atoms. The van der Waals surface area contributed by atoms with Crippen molar-refractivity contribution < 1.29 is 18.7 Å². The molecule has 0 saturated carbocycles. The van der Waals surface area contributed by atoms with Crippen LogP contribution in [0.15, 0.2) is 42.5 Å². The van der Waals surface area contributed by atoms with Crippen molar-refractivity contribution in [3.05, 3.63) is 65.0 Å². The molecule has 0 spiro atoms. The van der Waals surface area contributed by atoms with Crippen LogP contribution in [0.5, 0.6) is 5.75 Å². The molecule has 2 aromatic carbocycles. The molecular formula is C24H31FN2O3. The maximum absolute atomic E-state index is 13.3. The summed E-state index contributed by atoms with van der Waals surface area (Å²) in [5, 5.41) is 2.88. The highest BCUT2D eigenvalue weighted by atomic mass is 19.1. The summed E-state index contributed by atoms with van der Waals surface area (Å²) < 4.78 is 19.0. The number of ether oxygens (including phenoxy) is 1. The smallest absolute Gasteiger partial charge is 0.261 e. The maximum atomic E-state index is 13.3. The number of nitrogens with one attached hydrogen (secondary N) is 1. The van der Waals surface area contributed by atoms with Gasteiger partial charge in [0.25, 0.3) is 5.91 Å². The molecule has 0 aromatic heterocycles. The first-order valence-corrected chi connectivity index (χ1v) is 10.2. The van der Waals surface area contributed by atoms with Gasteiger partial charge in [0.05, 0.1) is 0 Å². The highest BCUT2D eigenvalue weighted by molar-refractivity contribution is 5.88. The first-order chi connectivity index (χ1) is 14.2. The minimum Gasteiger partial charge on any atom is -0.484 e. The van der Waals surface area contributed by atoms with Gasteiger partial charge in [-0.15, -0.1) is 0 Å². The number of amides is 2. The maximum Gasteiger partial charge on any atom is 0.261 e. The molecule has 5 nitrogen and oxygen atoms in total. The number of hydrogen-bond acceptors (Lipinski definition) is 3. The molecule has 162 valence electrons. The van der Waals surface area contributed by atoms with Gasteiger partial charge in [-0.1, -0.05) is 25.1 Å². The summed E-state index contributed by atoms with van der Waals surface area (Å²) in [5.74, 6) is -0.250. The first-order valence-electron chi connectivity index (χ1n) is 10.2. The number of carbonyl (C=O) groups excluding carboxylic acids is 2. The zero-order valence-corrected chi connectivity index (χ0v) is 18.4. The van der Waals surface area contributed by atoms with Gasteiger partial charge in [0, 0.05) is 12.6 Å². The lowest BCUT2D eigenvalue weighted by atomic mass is 10.1. The van der Waals surface area contributed by atoms with Crippen molar-refractivity contribution in [1.29, 1.82) is 0 Å². The van der Waals surface area contributed by atoms with E-state index in [0.717, 1.165) is 16.7 Å². The zero-order valence-electron chi connectivity index (χ0n) is 18.4. The molecule has 0 heterocycles. The minimum absolute atomic E-state index is 0.0409. The molecule has 2 rings (SSSR count). The highest BCUT2D eigenvalue weighted by Gasteiger charge is 2.29. The van der Waals surface area contributed by atoms with Crippen LogP contribution in [-0.4, -0.2) is 35.4 Å². The molecule has 2 amide bonds. The van der Waals surface area contributed by atoms with Crippen LogP contribution in [0.3, 0.4) is 0 Å². The second-order valence-corrected chi connectivity index (χ2v) is 7.85. The molecule has 0 saturated heterocycles. The minimum atomic E-state index is -0.646. The summed E-state index contributed by atoms with van der Waals surface area (Å²) in [6.07, 6.45) is 0.453. The molecule has 2 aromatic rings. The highest BCUT2D eigenvalue weighted by Crippen LogP contribution is 2.18. The summed E-state index contributed by atoms with van der Waals surface area (Å²) in [6, 6.07) is 11.0. The Labute approximate surface area is 178 Å². The fourth-order valence-electron chi connectivity index (χ4n) is 3.33. The van der Waals surface area contributed by atoms with Crippen LogP contribution in [0.1, 0.15) is 43.9 Å². The lowest BCUT2D eigenvalue weighted by Gasteiger charge is -2.31. The van der Waals surface area contributed by atoms with Gasteiger partial charge in [-0.25, -0.2) is 4.39 Å². The average molecular weight is 415 g/mol. The third-order valence-electron chi connectivity index (χ3n) is 4.64. The topological polar surface area (TPSA) is 58.6 Å². The van der Waals surface area contributed by atoms with Gasteiger partial charge >= 0.3 is 0 Å². The normalized spacial score (nSPS) is 11.8. The van der Waals surface area contributed by atoms with Crippen LogP contribution in [0.25, 0.3) is 0 Å². The van der Waals surface area contributed by atoms with E-state index < -0.39 is 6.04 Å². The van der Waals surface area contributed by atoms with Crippen LogP contribution >= 0.6 is 0 Å². The van der Waals surface area contributed by atoms with Crippen LogP contribution in [0.2, 0.25) is 0 Å². The standard InChI is InChI=1S/C24H31FN2O3/c1-6-22(24(29)26-16(2)3)27(14-19-7-9-20(25)10-8-19)23(28)15-30-21-12-17(4)11-18(5)13-21/h7-13,16,22H,6,14-15H2,1-5H3,(H,26,29)/t22-/m1/s1. The summed E-state index contributed by atoms with van der Waals surface area (Å²) >= 11 is 0. The van der Waals surface area contributed by atoms with E-state index in [2.05, 4.69) is 5.32 Å². The van der Waals surface area contributed by atoms with Crippen molar-refractivity contribution in [3.63, 3.8) is 0 Å². The van der Waals surface area contributed by atoms with Gasteiger partial charge in [-0.3, -0.25) is 9.59 Å². The summed E-state index contributed by atoms with van der Waals surface area (Å²) in [5.41, 5.74) is 2.83. The monoisotopic (exact) mass is 414 g/mol. The van der Waals surface area contributed by atoms with Crippen molar-refractivity contribution >= 4 is 11.8 Å². The van der Waals surface area contributed by atoms with Crippen molar-refractivity contribution in [2.24, 2.45) is 0 Å². The number of halogens is 1. The molecule has 0 radical (unpaired) electrons. The first kappa shape index (κ1) is 23.4. The van der Waals surface area contributed by atoms with Crippen LogP contribution in [-0.2, 0) is 16.1 Å². The van der Waals surface area contributed by atoms with Gasteiger partial charge in [0.15, 0.2) is 6.61 Å². The molecule has 30 heavy (non-hydrogen) atoms. The Kier molecular flexibility index (Phi) is 8.39. The molecule has 6 heteroatoms. The Bertz CT molecular complexity index is 845. The molecule has 1 N–H and O–H groups in total. The summed E-state index contributed by atoms with van der Waals surface area (Å²) in [6.45, 7) is 9.55. The Morgan fingerprint density at radius 1 is 1.07 bits per heavy atom.